The number of halogens is 1. The van der Waals surface area contributed by atoms with Crippen molar-refractivity contribution in [2.45, 2.75) is 6.54 Å². The third-order valence-corrected chi connectivity index (χ3v) is 4.47. The first-order valence-electron chi connectivity index (χ1n) is 6.09. The summed E-state index contributed by atoms with van der Waals surface area (Å²) < 4.78 is 2.59. The monoisotopic (exact) mass is 363 g/mol. The predicted octanol–water partition coefficient (Wildman–Crippen LogP) is 3.52. The zero-order valence-electron chi connectivity index (χ0n) is 10.7. The third kappa shape index (κ3) is 2.88. The number of rotatable bonds is 4. The van der Waals surface area contributed by atoms with Gasteiger partial charge in [-0.25, -0.2) is 9.78 Å². The highest BCUT2D eigenvalue weighted by Crippen LogP contribution is 2.25. The molecule has 1 N–H and O–H groups in total. The summed E-state index contributed by atoms with van der Waals surface area (Å²) in [4.78, 5) is 15.5. The molecule has 21 heavy (non-hydrogen) atoms. The van der Waals surface area contributed by atoms with E-state index in [1.54, 1.807) is 22.5 Å². The van der Waals surface area contributed by atoms with E-state index in [1.807, 2.05) is 24.3 Å². The molecule has 0 unspecified atom stereocenters. The normalized spacial score (nSPS) is 10.7. The van der Waals surface area contributed by atoms with Crippen LogP contribution >= 0.6 is 27.3 Å². The molecule has 2 aromatic heterocycles. The Balaban J connectivity index is 2.00. The zero-order chi connectivity index (χ0) is 14.8. The van der Waals surface area contributed by atoms with Crippen molar-refractivity contribution in [1.82, 2.24) is 14.8 Å². The van der Waals surface area contributed by atoms with Crippen LogP contribution in [0, 0.1) is 0 Å². The van der Waals surface area contributed by atoms with Gasteiger partial charge in [0.1, 0.15) is 16.3 Å². The zero-order valence-corrected chi connectivity index (χ0v) is 13.1. The van der Waals surface area contributed by atoms with Gasteiger partial charge >= 0.3 is 5.97 Å². The van der Waals surface area contributed by atoms with Gasteiger partial charge in [-0.15, -0.1) is 11.3 Å². The van der Waals surface area contributed by atoms with Gasteiger partial charge in [0.05, 0.1) is 6.54 Å². The number of benzene rings is 1. The summed E-state index contributed by atoms with van der Waals surface area (Å²) in [6, 6.07) is 7.78. The van der Waals surface area contributed by atoms with E-state index < -0.39 is 5.97 Å². The summed E-state index contributed by atoms with van der Waals surface area (Å²) >= 11 is 4.85. The van der Waals surface area contributed by atoms with Gasteiger partial charge in [0.2, 0.25) is 0 Å². The van der Waals surface area contributed by atoms with Crippen LogP contribution in [0.5, 0.6) is 0 Å². The Labute approximate surface area is 133 Å². The number of thiazole rings is 1. The van der Waals surface area contributed by atoms with Crippen LogP contribution in [0.2, 0.25) is 0 Å². The quantitative estimate of drug-likeness (QED) is 0.769. The highest BCUT2D eigenvalue weighted by atomic mass is 79.9. The molecule has 3 aromatic rings. The first-order chi connectivity index (χ1) is 10.1. The van der Waals surface area contributed by atoms with Crippen molar-refractivity contribution in [3.63, 3.8) is 0 Å². The number of carboxylic acid groups (broad SMARTS) is 1. The van der Waals surface area contributed by atoms with Crippen LogP contribution in [-0.2, 0) is 6.54 Å². The van der Waals surface area contributed by atoms with Gasteiger partial charge in [0, 0.05) is 22.2 Å². The van der Waals surface area contributed by atoms with E-state index in [4.69, 9.17) is 0 Å². The van der Waals surface area contributed by atoms with Gasteiger partial charge in [-0.2, -0.15) is 5.10 Å². The number of carbonyl (C=O) groups is 1. The fourth-order valence-corrected chi connectivity index (χ4v) is 3.00. The Morgan fingerprint density at radius 3 is 2.86 bits per heavy atom. The summed E-state index contributed by atoms with van der Waals surface area (Å²) in [7, 11) is 0. The molecular weight excluding hydrogens is 354 g/mol. The molecule has 0 aliphatic rings. The van der Waals surface area contributed by atoms with Crippen molar-refractivity contribution in [2.24, 2.45) is 0 Å². The van der Waals surface area contributed by atoms with E-state index in [1.165, 1.54) is 11.3 Å². The molecule has 0 amide bonds. The lowest BCUT2D eigenvalue weighted by Crippen LogP contribution is -2.01. The lowest BCUT2D eigenvalue weighted by atomic mass is 10.2. The van der Waals surface area contributed by atoms with Crippen molar-refractivity contribution in [3.8, 4) is 10.7 Å². The number of aromatic carboxylic acids is 1. The maximum atomic E-state index is 11.4. The van der Waals surface area contributed by atoms with Crippen molar-refractivity contribution in [3.05, 3.63) is 57.6 Å². The first kappa shape index (κ1) is 14.0. The van der Waals surface area contributed by atoms with Gasteiger partial charge in [0.15, 0.2) is 0 Å². The molecule has 1 aromatic carbocycles. The average molecular weight is 364 g/mol. The SMILES string of the molecule is O=C(O)c1cn(Cc2ccccc2Br)nc1-c1nccs1. The minimum absolute atomic E-state index is 0.164. The summed E-state index contributed by atoms with van der Waals surface area (Å²) in [5.74, 6) is -1.00. The fourth-order valence-electron chi connectivity index (χ4n) is 1.96. The van der Waals surface area contributed by atoms with Gasteiger partial charge in [-0.1, -0.05) is 34.1 Å². The van der Waals surface area contributed by atoms with Gasteiger partial charge in [-0.05, 0) is 11.6 Å². The van der Waals surface area contributed by atoms with Gasteiger partial charge < -0.3 is 5.11 Å². The Bertz CT molecular complexity index is 783. The van der Waals surface area contributed by atoms with E-state index in [0.717, 1.165) is 10.0 Å². The van der Waals surface area contributed by atoms with E-state index in [9.17, 15) is 9.90 Å². The van der Waals surface area contributed by atoms with Gasteiger partial charge in [0.25, 0.3) is 0 Å². The highest BCUT2D eigenvalue weighted by molar-refractivity contribution is 9.10. The second-order valence-electron chi connectivity index (χ2n) is 4.32. The molecule has 0 fully saturated rings. The second-order valence-corrected chi connectivity index (χ2v) is 6.07. The van der Waals surface area contributed by atoms with E-state index >= 15 is 0 Å². The number of aromatic nitrogens is 3. The van der Waals surface area contributed by atoms with Crippen molar-refractivity contribution >= 4 is 33.2 Å². The van der Waals surface area contributed by atoms with Crippen LogP contribution in [0.25, 0.3) is 10.7 Å². The molecule has 0 saturated carbocycles. The van der Waals surface area contributed by atoms with E-state index in [-0.39, 0.29) is 5.56 Å². The van der Waals surface area contributed by atoms with Crippen LogP contribution in [0.15, 0.2) is 46.5 Å². The van der Waals surface area contributed by atoms with Crippen molar-refractivity contribution in [1.29, 1.82) is 0 Å². The van der Waals surface area contributed by atoms with Crippen LogP contribution in [0.1, 0.15) is 15.9 Å². The lowest BCUT2D eigenvalue weighted by molar-refractivity contribution is 0.0697. The standard InChI is InChI=1S/C14H10BrN3O2S/c15-11-4-2-1-3-9(11)7-18-8-10(14(19)20)12(17-18)13-16-5-6-21-13/h1-6,8H,7H2,(H,19,20). The third-order valence-electron chi connectivity index (χ3n) is 2.92. The molecule has 3 rings (SSSR count). The molecule has 7 heteroatoms. The van der Waals surface area contributed by atoms with Crippen molar-refractivity contribution < 1.29 is 9.90 Å². The molecule has 2 heterocycles. The smallest absolute Gasteiger partial charge is 0.339 e. The minimum atomic E-state index is -1.00. The topological polar surface area (TPSA) is 68.0 Å². The first-order valence-corrected chi connectivity index (χ1v) is 7.76. The Morgan fingerprint density at radius 2 is 2.19 bits per heavy atom. The fraction of sp³-hybridized carbons (Fsp3) is 0.0714. The van der Waals surface area contributed by atoms with Gasteiger partial charge in [-0.3, -0.25) is 4.68 Å². The number of nitrogens with zero attached hydrogens (tertiary/aromatic N) is 3. The predicted molar refractivity (Wildman–Crippen MR) is 83.5 cm³/mol. The molecule has 106 valence electrons. The molecule has 0 aliphatic carbocycles. The Hall–Kier alpha value is -1.99. The molecular formula is C14H10BrN3O2S. The van der Waals surface area contributed by atoms with E-state index in [0.29, 0.717) is 17.2 Å². The Kier molecular flexibility index (Phi) is 3.85. The van der Waals surface area contributed by atoms with Crippen LogP contribution in [0.4, 0.5) is 0 Å². The highest BCUT2D eigenvalue weighted by Gasteiger charge is 2.19. The second kappa shape index (κ2) is 5.79. The summed E-state index contributed by atoms with van der Waals surface area (Å²) in [5.41, 5.74) is 1.60. The van der Waals surface area contributed by atoms with Crippen LogP contribution in [0.3, 0.4) is 0 Å². The molecule has 5 nitrogen and oxygen atoms in total. The molecule has 0 spiro atoms. The molecule has 0 atom stereocenters. The number of carboxylic acids is 1. The maximum absolute atomic E-state index is 11.4. The maximum Gasteiger partial charge on any atom is 0.339 e. The van der Waals surface area contributed by atoms with Crippen LogP contribution in [-0.4, -0.2) is 25.8 Å². The molecule has 0 bridgehead atoms. The van der Waals surface area contributed by atoms with Crippen LogP contribution < -0.4 is 0 Å². The molecule has 0 aliphatic heterocycles. The molecule has 0 radical (unpaired) electrons. The Morgan fingerprint density at radius 1 is 1.38 bits per heavy atom. The molecule has 0 saturated heterocycles. The minimum Gasteiger partial charge on any atom is -0.478 e. The number of hydrogen-bond acceptors (Lipinski definition) is 4. The van der Waals surface area contributed by atoms with Crippen molar-refractivity contribution in [2.75, 3.05) is 0 Å². The average Bonchev–Trinajstić information content (AvgIpc) is 3.10. The summed E-state index contributed by atoms with van der Waals surface area (Å²) in [6.45, 7) is 0.493. The lowest BCUT2D eigenvalue weighted by Gasteiger charge is -2.03. The number of hydrogen-bond donors (Lipinski definition) is 1. The largest absolute Gasteiger partial charge is 0.478 e. The summed E-state index contributed by atoms with van der Waals surface area (Å²) in [5, 5.41) is 16.1. The summed E-state index contributed by atoms with van der Waals surface area (Å²) in [6.07, 6.45) is 3.18. The van der Waals surface area contributed by atoms with E-state index in [2.05, 4.69) is 26.0 Å².